The van der Waals surface area contributed by atoms with Crippen LogP contribution in [0.2, 0.25) is 0 Å². The fourth-order valence-corrected chi connectivity index (χ4v) is 4.46. The number of piperazine rings is 1. The SMILES string of the molecule is Cc1ccc(S(=O)(=O)N2CCN(C[C@@H](O)c3ccccc3)CC2)cc1. The Kier molecular flexibility index (Phi) is 5.54. The van der Waals surface area contributed by atoms with Gasteiger partial charge in [0.25, 0.3) is 0 Å². The molecule has 5 nitrogen and oxygen atoms in total. The smallest absolute Gasteiger partial charge is 0.243 e. The van der Waals surface area contributed by atoms with Crippen LogP contribution < -0.4 is 0 Å². The van der Waals surface area contributed by atoms with Gasteiger partial charge in [-0.3, -0.25) is 4.90 Å². The molecule has 0 aromatic heterocycles. The molecule has 0 bridgehead atoms. The van der Waals surface area contributed by atoms with Gasteiger partial charge in [0.2, 0.25) is 10.0 Å². The highest BCUT2D eigenvalue weighted by molar-refractivity contribution is 7.89. The van der Waals surface area contributed by atoms with Gasteiger partial charge in [-0.25, -0.2) is 8.42 Å². The van der Waals surface area contributed by atoms with Crippen molar-refractivity contribution in [2.45, 2.75) is 17.9 Å². The summed E-state index contributed by atoms with van der Waals surface area (Å²) >= 11 is 0. The van der Waals surface area contributed by atoms with Crippen molar-refractivity contribution in [2.24, 2.45) is 0 Å². The molecule has 1 aliphatic heterocycles. The quantitative estimate of drug-likeness (QED) is 0.886. The van der Waals surface area contributed by atoms with Gasteiger partial charge >= 0.3 is 0 Å². The third-order valence-electron chi connectivity index (χ3n) is 4.61. The minimum absolute atomic E-state index is 0.343. The zero-order valence-electron chi connectivity index (χ0n) is 14.4. The van der Waals surface area contributed by atoms with Gasteiger partial charge in [0, 0.05) is 32.7 Å². The number of hydrogen-bond donors (Lipinski definition) is 1. The summed E-state index contributed by atoms with van der Waals surface area (Å²) in [5.74, 6) is 0. The van der Waals surface area contributed by atoms with E-state index in [1.54, 1.807) is 12.1 Å². The molecule has 1 N–H and O–H groups in total. The third-order valence-corrected chi connectivity index (χ3v) is 6.52. The molecule has 6 heteroatoms. The Balaban J connectivity index is 1.59. The number of hydrogen-bond acceptors (Lipinski definition) is 4. The number of benzene rings is 2. The molecule has 134 valence electrons. The van der Waals surface area contributed by atoms with Gasteiger partial charge in [-0.05, 0) is 24.6 Å². The Morgan fingerprint density at radius 2 is 1.56 bits per heavy atom. The van der Waals surface area contributed by atoms with Crippen LogP contribution in [0, 0.1) is 6.92 Å². The summed E-state index contributed by atoms with van der Waals surface area (Å²) < 4.78 is 26.9. The highest BCUT2D eigenvalue weighted by atomic mass is 32.2. The monoisotopic (exact) mass is 360 g/mol. The molecule has 0 unspecified atom stereocenters. The lowest BCUT2D eigenvalue weighted by Gasteiger charge is -2.35. The van der Waals surface area contributed by atoms with E-state index >= 15 is 0 Å². The largest absolute Gasteiger partial charge is 0.387 e. The van der Waals surface area contributed by atoms with Gasteiger partial charge in [-0.15, -0.1) is 0 Å². The second kappa shape index (κ2) is 7.66. The van der Waals surface area contributed by atoms with Crippen molar-refractivity contribution in [3.05, 3.63) is 65.7 Å². The fraction of sp³-hybridized carbons (Fsp3) is 0.368. The zero-order chi connectivity index (χ0) is 17.9. The van der Waals surface area contributed by atoms with E-state index in [1.807, 2.05) is 49.4 Å². The maximum absolute atomic E-state index is 12.7. The van der Waals surface area contributed by atoms with Crippen molar-refractivity contribution >= 4 is 10.0 Å². The van der Waals surface area contributed by atoms with Crippen molar-refractivity contribution in [3.63, 3.8) is 0 Å². The van der Waals surface area contributed by atoms with Gasteiger partial charge in [0.05, 0.1) is 11.0 Å². The summed E-state index contributed by atoms with van der Waals surface area (Å²) in [6.07, 6.45) is -0.554. The molecule has 0 spiro atoms. The molecule has 25 heavy (non-hydrogen) atoms. The van der Waals surface area contributed by atoms with Crippen molar-refractivity contribution in [1.82, 2.24) is 9.21 Å². The number of rotatable bonds is 5. The average molecular weight is 360 g/mol. The lowest BCUT2D eigenvalue weighted by atomic mass is 10.1. The Bertz CT molecular complexity index is 783. The molecular weight excluding hydrogens is 336 g/mol. The summed E-state index contributed by atoms with van der Waals surface area (Å²) in [5.41, 5.74) is 1.93. The normalized spacial score (nSPS) is 18.2. The van der Waals surface area contributed by atoms with Crippen LogP contribution in [-0.4, -0.2) is 55.5 Å². The molecule has 0 radical (unpaired) electrons. The maximum atomic E-state index is 12.7. The van der Waals surface area contributed by atoms with Gasteiger partial charge in [0.1, 0.15) is 0 Å². The van der Waals surface area contributed by atoms with Crippen molar-refractivity contribution in [1.29, 1.82) is 0 Å². The molecule has 1 heterocycles. The van der Waals surface area contributed by atoms with E-state index in [0.29, 0.717) is 37.6 Å². The Labute approximate surface area is 149 Å². The second-order valence-corrected chi connectivity index (χ2v) is 8.38. The molecule has 0 aliphatic carbocycles. The van der Waals surface area contributed by atoms with Crippen LogP contribution in [0.25, 0.3) is 0 Å². The number of aliphatic hydroxyl groups is 1. The van der Waals surface area contributed by atoms with Crippen LogP contribution in [0.1, 0.15) is 17.2 Å². The number of β-amino-alcohol motifs (C(OH)–C–C–N with tert-alkyl or cyclic N) is 1. The van der Waals surface area contributed by atoms with E-state index in [4.69, 9.17) is 0 Å². The van der Waals surface area contributed by atoms with Crippen molar-refractivity contribution < 1.29 is 13.5 Å². The summed E-state index contributed by atoms with van der Waals surface area (Å²) in [6, 6.07) is 16.5. The predicted octanol–water partition coefficient (Wildman–Crippen LogP) is 2.03. The zero-order valence-corrected chi connectivity index (χ0v) is 15.2. The highest BCUT2D eigenvalue weighted by Gasteiger charge is 2.29. The average Bonchev–Trinajstić information content (AvgIpc) is 2.63. The van der Waals surface area contributed by atoms with E-state index < -0.39 is 16.1 Å². The van der Waals surface area contributed by atoms with Gasteiger partial charge in [0.15, 0.2) is 0 Å². The van der Waals surface area contributed by atoms with Crippen LogP contribution >= 0.6 is 0 Å². The maximum Gasteiger partial charge on any atom is 0.243 e. The first-order valence-electron chi connectivity index (χ1n) is 8.49. The minimum Gasteiger partial charge on any atom is -0.387 e. The molecule has 3 rings (SSSR count). The van der Waals surface area contributed by atoms with Crippen LogP contribution in [0.15, 0.2) is 59.5 Å². The van der Waals surface area contributed by atoms with Crippen molar-refractivity contribution in [2.75, 3.05) is 32.7 Å². The fourth-order valence-electron chi connectivity index (χ4n) is 3.04. The summed E-state index contributed by atoms with van der Waals surface area (Å²) in [4.78, 5) is 2.45. The topological polar surface area (TPSA) is 60.9 Å². The lowest BCUT2D eigenvalue weighted by Crippen LogP contribution is -2.49. The molecule has 0 amide bonds. The Hall–Kier alpha value is -1.73. The number of nitrogens with zero attached hydrogens (tertiary/aromatic N) is 2. The first-order valence-corrected chi connectivity index (χ1v) is 9.93. The van der Waals surface area contributed by atoms with E-state index in [1.165, 1.54) is 4.31 Å². The summed E-state index contributed by atoms with van der Waals surface area (Å²) in [6.45, 7) is 4.58. The third kappa shape index (κ3) is 4.27. The number of aliphatic hydroxyl groups excluding tert-OH is 1. The molecular formula is C19H24N2O3S. The second-order valence-electron chi connectivity index (χ2n) is 6.44. The van der Waals surface area contributed by atoms with Crippen molar-refractivity contribution in [3.8, 4) is 0 Å². The molecule has 1 fully saturated rings. The van der Waals surface area contributed by atoms with Crippen LogP contribution in [-0.2, 0) is 10.0 Å². The highest BCUT2D eigenvalue weighted by Crippen LogP contribution is 2.20. The van der Waals surface area contributed by atoms with E-state index in [0.717, 1.165) is 11.1 Å². The lowest BCUT2D eigenvalue weighted by molar-refractivity contribution is 0.0921. The van der Waals surface area contributed by atoms with Crippen LogP contribution in [0.5, 0.6) is 0 Å². The first-order chi connectivity index (χ1) is 12.0. The van der Waals surface area contributed by atoms with E-state index in [-0.39, 0.29) is 0 Å². The number of aryl methyl sites for hydroxylation is 1. The molecule has 1 saturated heterocycles. The van der Waals surface area contributed by atoms with E-state index in [9.17, 15) is 13.5 Å². The number of sulfonamides is 1. The predicted molar refractivity (Wildman–Crippen MR) is 97.8 cm³/mol. The summed E-state index contributed by atoms with van der Waals surface area (Å²) in [7, 11) is -3.44. The van der Waals surface area contributed by atoms with Crippen LogP contribution in [0.3, 0.4) is 0 Å². The van der Waals surface area contributed by atoms with Crippen LogP contribution in [0.4, 0.5) is 0 Å². The Morgan fingerprint density at radius 3 is 2.16 bits per heavy atom. The molecule has 2 aromatic rings. The minimum atomic E-state index is -3.44. The van der Waals surface area contributed by atoms with Gasteiger partial charge < -0.3 is 5.11 Å². The van der Waals surface area contributed by atoms with Gasteiger partial charge in [-0.1, -0.05) is 48.0 Å². The molecule has 1 aliphatic rings. The van der Waals surface area contributed by atoms with E-state index in [2.05, 4.69) is 4.90 Å². The van der Waals surface area contributed by atoms with Gasteiger partial charge in [-0.2, -0.15) is 4.31 Å². The first kappa shape index (κ1) is 18.1. The summed E-state index contributed by atoms with van der Waals surface area (Å²) in [5, 5.41) is 10.3. The Morgan fingerprint density at radius 1 is 0.960 bits per heavy atom. The molecule has 0 saturated carbocycles. The molecule has 2 aromatic carbocycles. The standard InChI is InChI=1S/C19H24N2O3S/c1-16-7-9-18(10-8-16)25(23,24)21-13-11-20(12-14-21)15-19(22)17-5-3-2-4-6-17/h2-10,19,22H,11-15H2,1H3/t19-/m1/s1. The molecule has 1 atom stereocenters.